The molecule has 3 atom stereocenters. The number of hydrogen-bond donors (Lipinski definition) is 2. The molecule has 3 aliphatic heterocycles. The molecule has 6 nitrogen and oxygen atoms in total. The molecule has 2 N–H and O–H groups in total. The molecule has 22 heavy (non-hydrogen) atoms. The average Bonchev–Trinajstić information content (AvgIpc) is 2.98. The lowest BCUT2D eigenvalue weighted by molar-refractivity contribution is -0.138. The van der Waals surface area contributed by atoms with Crippen LogP contribution in [0, 0.1) is 5.92 Å². The molecular formula is C16H21N3O3. The normalized spacial score (nSPS) is 30.2. The highest BCUT2D eigenvalue weighted by Crippen LogP contribution is 2.34. The first-order valence-electron chi connectivity index (χ1n) is 8.08. The van der Waals surface area contributed by atoms with Crippen LogP contribution in [0.3, 0.4) is 0 Å². The molecule has 6 heteroatoms. The predicted molar refractivity (Wildman–Crippen MR) is 82.4 cm³/mol. The number of piperidine rings is 1. The maximum atomic E-state index is 12.5. The third kappa shape index (κ3) is 2.13. The highest BCUT2D eigenvalue weighted by Gasteiger charge is 2.34. The second-order valence-corrected chi connectivity index (χ2v) is 6.73. The zero-order chi connectivity index (χ0) is 15.3. The summed E-state index contributed by atoms with van der Waals surface area (Å²) in [4.78, 5) is 25.8. The fourth-order valence-electron chi connectivity index (χ4n) is 4.29. The number of nitrogens with one attached hydrogen (secondary N) is 1. The Kier molecular flexibility index (Phi) is 3.22. The van der Waals surface area contributed by atoms with E-state index in [1.807, 2.05) is 9.47 Å². The minimum atomic E-state index is -0.797. The second-order valence-electron chi connectivity index (χ2n) is 6.73. The molecule has 0 radical (unpaired) electrons. The van der Waals surface area contributed by atoms with Crippen molar-refractivity contribution in [3.05, 3.63) is 28.2 Å². The van der Waals surface area contributed by atoms with Crippen LogP contribution in [0.4, 0.5) is 5.69 Å². The van der Waals surface area contributed by atoms with Crippen LogP contribution in [-0.4, -0.2) is 41.3 Å². The van der Waals surface area contributed by atoms with Gasteiger partial charge in [-0.3, -0.25) is 4.79 Å². The molecule has 4 rings (SSSR count). The molecule has 1 aromatic heterocycles. The first-order valence-corrected chi connectivity index (χ1v) is 8.08. The van der Waals surface area contributed by atoms with Crippen molar-refractivity contribution in [1.29, 1.82) is 0 Å². The Morgan fingerprint density at radius 3 is 3.00 bits per heavy atom. The van der Waals surface area contributed by atoms with Gasteiger partial charge in [-0.05, 0) is 37.8 Å². The third-order valence-electron chi connectivity index (χ3n) is 5.31. The Hall–Kier alpha value is -1.82. The van der Waals surface area contributed by atoms with Gasteiger partial charge >= 0.3 is 5.97 Å². The Morgan fingerprint density at radius 1 is 1.32 bits per heavy atom. The molecule has 0 aromatic carbocycles. The topological polar surface area (TPSA) is 74.6 Å². The van der Waals surface area contributed by atoms with E-state index in [1.54, 1.807) is 6.07 Å². The van der Waals surface area contributed by atoms with E-state index in [1.165, 1.54) is 0 Å². The average molecular weight is 303 g/mol. The molecule has 1 unspecified atom stereocenters. The standard InChI is InChI=1S/C16H21N3O3/c20-15-6-12(18-3-1-2-13(18)16(21)22)5-14-11-4-10(7-17-8-11)9-19(14)15/h5-6,10-11,13,17H,1-4,7-9H2,(H,21,22)/t10?,11-,13+/m1/s1. The number of aliphatic carboxylic acids is 1. The number of pyridine rings is 1. The van der Waals surface area contributed by atoms with Crippen LogP contribution in [0.25, 0.3) is 0 Å². The summed E-state index contributed by atoms with van der Waals surface area (Å²) in [5, 5.41) is 12.8. The highest BCUT2D eigenvalue weighted by atomic mass is 16.4. The number of carboxylic acids is 1. The summed E-state index contributed by atoms with van der Waals surface area (Å²) < 4.78 is 1.90. The number of anilines is 1. The molecule has 1 aromatic rings. The molecule has 3 aliphatic rings. The van der Waals surface area contributed by atoms with E-state index < -0.39 is 12.0 Å². The number of carbonyl (C=O) groups is 1. The lowest BCUT2D eigenvalue weighted by atomic mass is 9.84. The van der Waals surface area contributed by atoms with Crippen molar-refractivity contribution in [1.82, 2.24) is 9.88 Å². The van der Waals surface area contributed by atoms with Crippen molar-refractivity contribution in [2.24, 2.45) is 5.92 Å². The minimum absolute atomic E-state index is 0.0140. The minimum Gasteiger partial charge on any atom is -0.480 e. The van der Waals surface area contributed by atoms with Crippen molar-refractivity contribution in [2.75, 3.05) is 24.5 Å². The first kappa shape index (κ1) is 13.8. The second kappa shape index (κ2) is 5.12. The van der Waals surface area contributed by atoms with E-state index in [0.717, 1.165) is 43.9 Å². The van der Waals surface area contributed by atoms with Crippen LogP contribution in [0.5, 0.6) is 0 Å². The van der Waals surface area contributed by atoms with Crippen molar-refractivity contribution in [3.8, 4) is 0 Å². The number of nitrogens with zero attached hydrogens (tertiary/aromatic N) is 2. The van der Waals surface area contributed by atoms with Gasteiger partial charge in [0, 0.05) is 43.0 Å². The largest absolute Gasteiger partial charge is 0.480 e. The quantitative estimate of drug-likeness (QED) is 0.837. The van der Waals surface area contributed by atoms with Crippen LogP contribution >= 0.6 is 0 Å². The number of aromatic nitrogens is 1. The van der Waals surface area contributed by atoms with Gasteiger partial charge < -0.3 is 19.9 Å². The monoisotopic (exact) mass is 303 g/mol. The van der Waals surface area contributed by atoms with Gasteiger partial charge in [0.25, 0.3) is 5.56 Å². The zero-order valence-electron chi connectivity index (χ0n) is 12.5. The van der Waals surface area contributed by atoms with E-state index in [4.69, 9.17) is 0 Å². The lowest BCUT2D eigenvalue weighted by Gasteiger charge is -2.38. The van der Waals surface area contributed by atoms with Crippen LogP contribution < -0.4 is 15.8 Å². The van der Waals surface area contributed by atoms with Gasteiger partial charge in [0.15, 0.2) is 0 Å². The molecule has 0 saturated carbocycles. The van der Waals surface area contributed by atoms with Crippen molar-refractivity contribution in [3.63, 3.8) is 0 Å². The van der Waals surface area contributed by atoms with Gasteiger partial charge in [-0.2, -0.15) is 0 Å². The van der Waals surface area contributed by atoms with Crippen LogP contribution in [-0.2, 0) is 11.3 Å². The van der Waals surface area contributed by atoms with E-state index in [0.29, 0.717) is 24.8 Å². The van der Waals surface area contributed by atoms with Crippen LogP contribution in [0.1, 0.15) is 30.9 Å². The Morgan fingerprint density at radius 2 is 2.18 bits per heavy atom. The maximum absolute atomic E-state index is 12.5. The summed E-state index contributed by atoms with van der Waals surface area (Å²) in [5.74, 6) is 0.106. The molecule has 0 spiro atoms. The fourth-order valence-corrected chi connectivity index (χ4v) is 4.29. The van der Waals surface area contributed by atoms with E-state index >= 15 is 0 Å². The van der Waals surface area contributed by atoms with Crippen molar-refractivity contribution >= 4 is 11.7 Å². The molecule has 0 aliphatic carbocycles. The van der Waals surface area contributed by atoms with Gasteiger partial charge in [-0.15, -0.1) is 0 Å². The van der Waals surface area contributed by atoms with Gasteiger partial charge in [0.05, 0.1) is 0 Å². The van der Waals surface area contributed by atoms with Crippen LogP contribution in [0.2, 0.25) is 0 Å². The molecule has 2 saturated heterocycles. The van der Waals surface area contributed by atoms with Crippen molar-refractivity contribution in [2.45, 2.75) is 37.8 Å². The van der Waals surface area contributed by atoms with E-state index in [-0.39, 0.29) is 5.56 Å². The molecule has 2 bridgehead atoms. The van der Waals surface area contributed by atoms with E-state index in [9.17, 15) is 14.7 Å². The zero-order valence-corrected chi connectivity index (χ0v) is 12.5. The van der Waals surface area contributed by atoms with Gasteiger partial charge in [-0.25, -0.2) is 4.79 Å². The smallest absolute Gasteiger partial charge is 0.326 e. The number of rotatable bonds is 2. The molecule has 118 valence electrons. The van der Waals surface area contributed by atoms with Gasteiger partial charge in [0.2, 0.25) is 0 Å². The van der Waals surface area contributed by atoms with E-state index in [2.05, 4.69) is 11.4 Å². The third-order valence-corrected chi connectivity index (χ3v) is 5.31. The summed E-state index contributed by atoms with van der Waals surface area (Å²) in [5.41, 5.74) is 1.87. The summed E-state index contributed by atoms with van der Waals surface area (Å²) in [6, 6.07) is 3.18. The van der Waals surface area contributed by atoms with Gasteiger partial charge in [0.1, 0.15) is 6.04 Å². The lowest BCUT2D eigenvalue weighted by Crippen LogP contribution is -2.45. The first-order chi connectivity index (χ1) is 10.6. The summed E-state index contributed by atoms with van der Waals surface area (Å²) in [6.07, 6.45) is 2.64. The number of carboxylic acid groups (broad SMARTS) is 1. The Bertz CT molecular complexity index is 669. The summed E-state index contributed by atoms with van der Waals surface area (Å²) >= 11 is 0. The molecule has 0 amide bonds. The molecular weight excluding hydrogens is 282 g/mol. The van der Waals surface area contributed by atoms with Crippen molar-refractivity contribution < 1.29 is 9.90 Å². The summed E-state index contributed by atoms with van der Waals surface area (Å²) in [6.45, 7) is 3.38. The fraction of sp³-hybridized carbons (Fsp3) is 0.625. The van der Waals surface area contributed by atoms with Gasteiger partial charge in [-0.1, -0.05) is 0 Å². The molecule has 4 heterocycles. The summed E-state index contributed by atoms with van der Waals surface area (Å²) in [7, 11) is 0. The number of hydrogen-bond acceptors (Lipinski definition) is 4. The predicted octanol–water partition coefficient (Wildman–Crippen LogP) is 0.608. The Labute approximate surface area is 128 Å². The van der Waals surface area contributed by atoms with Crippen LogP contribution in [0.15, 0.2) is 16.9 Å². The molecule has 2 fully saturated rings. The maximum Gasteiger partial charge on any atom is 0.326 e. The SMILES string of the molecule is O=C(O)[C@@H]1CCCN1c1cc2n(c(=O)c1)CC1CNC[C@H]2C1. The highest BCUT2D eigenvalue weighted by molar-refractivity contribution is 5.79. The Balaban J connectivity index is 1.75. The number of fused-ring (bicyclic) bond motifs is 4.